The standard InChI is InChI=1S/C18H21N5O7S2/c1-18(3-4-18)23(17(26)27)32(28,29)13-7-12-14(31-13)20-16(25)22(15(12)24)10-11-8-19-21(9-11)5-6-30-2/h7-9H,3-6,10H2,1-2H3,(H,20,25)(H,26,27). The molecule has 1 amide bonds. The van der Waals surface area contributed by atoms with Crippen molar-refractivity contribution in [2.24, 2.45) is 0 Å². The Morgan fingerprint density at radius 2 is 2.12 bits per heavy atom. The second-order valence-electron chi connectivity index (χ2n) is 7.78. The molecule has 0 saturated heterocycles. The van der Waals surface area contributed by atoms with E-state index in [0.717, 1.165) is 10.6 Å². The highest BCUT2D eigenvalue weighted by Gasteiger charge is 2.52. The zero-order valence-electron chi connectivity index (χ0n) is 17.3. The molecule has 0 atom stereocenters. The molecule has 32 heavy (non-hydrogen) atoms. The van der Waals surface area contributed by atoms with Crippen molar-refractivity contribution < 1.29 is 23.1 Å². The third-order valence-electron chi connectivity index (χ3n) is 5.33. The van der Waals surface area contributed by atoms with Crippen LogP contribution in [0.25, 0.3) is 10.2 Å². The Hall–Kier alpha value is -2.97. The number of sulfonamides is 1. The first-order valence-corrected chi connectivity index (χ1v) is 11.9. The van der Waals surface area contributed by atoms with E-state index in [9.17, 15) is 27.9 Å². The number of carboxylic acid groups (broad SMARTS) is 1. The van der Waals surface area contributed by atoms with Crippen LogP contribution in [-0.4, -0.2) is 62.5 Å². The molecular weight excluding hydrogens is 462 g/mol. The molecule has 3 heterocycles. The Kier molecular flexibility index (Phi) is 5.46. The molecule has 172 valence electrons. The number of carbonyl (C=O) groups is 1. The van der Waals surface area contributed by atoms with E-state index < -0.39 is 32.9 Å². The Labute approximate surface area is 185 Å². The van der Waals surface area contributed by atoms with Gasteiger partial charge in [0, 0.05) is 18.9 Å². The minimum atomic E-state index is -4.41. The van der Waals surface area contributed by atoms with Crippen LogP contribution in [0.2, 0.25) is 0 Å². The fourth-order valence-electron chi connectivity index (χ4n) is 3.37. The molecule has 0 bridgehead atoms. The van der Waals surface area contributed by atoms with Crippen molar-refractivity contribution in [1.82, 2.24) is 23.6 Å². The molecular formula is C18H21N5O7S2. The lowest BCUT2D eigenvalue weighted by Crippen LogP contribution is -2.43. The van der Waals surface area contributed by atoms with Gasteiger partial charge in [-0.2, -0.15) is 17.8 Å². The number of thiophene rings is 1. The van der Waals surface area contributed by atoms with Gasteiger partial charge < -0.3 is 9.84 Å². The minimum absolute atomic E-state index is 0.00811. The SMILES string of the molecule is COCCn1cc(Cn2c(=O)[nH]c3sc(S(=O)(=O)N(C(=O)O)C4(C)CC4)cc3c2=O)cn1. The van der Waals surface area contributed by atoms with E-state index >= 15 is 0 Å². The van der Waals surface area contributed by atoms with Crippen LogP contribution < -0.4 is 11.2 Å². The van der Waals surface area contributed by atoms with Crippen LogP contribution in [0.5, 0.6) is 0 Å². The molecule has 1 saturated carbocycles. The van der Waals surface area contributed by atoms with Crippen LogP contribution in [0, 0.1) is 0 Å². The van der Waals surface area contributed by atoms with Crippen molar-refractivity contribution in [3.63, 3.8) is 0 Å². The average molecular weight is 484 g/mol. The first-order chi connectivity index (χ1) is 15.1. The summed E-state index contributed by atoms with van der Waals surface area (Å²) in [7, 11) is -2.84. The normalized spacial score (nSPS) is 15.2. The smallest absolute Gasteiger partial charge is 0.421 e. The number of hydrogen-bond acceptors (Lipinski definition) is 8. The Bertz CT molecular complexity index is 1410. The fraction of sp³-hybridized carbons (Fsp3) is 0.444. The van der Waals surface area contributed by atoms with Crippen LogP contribution in [0.3, 0.4) is 0 Å². The number of amides is 1. The van der Waals surface area contributed by atoms with E-state index in [1.165, 1.54) is 6.20 Å². The number of aromatic nitrogens is 4. The Morgan fingerprint density at radius 3 is 2.75 bits per heavy atom. The molecule has 14 heteroatoms. The van der Waals surface area contributed by atoms with Crippen molar-refractivity contribution in [1.29, 1.82) is 0 Å². The maximum absolute atomic E-state index is 13.0. The predicted molar refractivity (Wildman–Crippen MR) is 115 cm³/mol. The fourth-order valence-corrected chi connectivity index (χ4v) is 6.45. The third kappa shape index (κ3) is 3.84. The predicted octanol–water partition coefficient (Wildman–Crippen LogP) is 0.864. The summed E-state index contributed by atoms with van der Waals surface area (Å²) in [5, 5.41) is 13.6. The molecule has 0 radical (unpaired) electrons. The van der Waals surface area contributed by atoms with Crippen LogP contribution in [0.1, 0.15) is 25.3 Å². The van der Waals surface area contributed by atoms with Gasteiger partial charge in [-0.3, -0.25) is 19.0 Å². The molecule has 3 aromatic heterocycles. The van der Waals surface area contributed by atoms with Crippen molar-refractivity contribution in [2.75, 3.05) is 13.7 Å². The quantitative estimate of drug-likeness (QED) is 0.478. The van der Waals surface area contributed by atoms with Crippen LogP contribution >= 0.6 is 11.3 Å². The molecule has 12 nitrogen and oxygen atoms in total. The van der Waals surface area contributed by atoms with Gasteiger partial charge in [-0.25, -0.2) is 9.59 Å². The van der Waals surface area contributed by atoms with Gasteiger partial charge in [0.25, 0.3) is 15.6 Å². The average Bonchev–Trinajstić information content (AvgIpc) is 3.12. The van der Waals surface area contributed by atoms with Crippen LogP contribution in [0.4, 0.5) is 4.79 Å². The molecule has 0 aromatic carbocycles. The third-order valence-corrected chi connectivity index (χ3v) is 8.77. The maximum atomic E-state index is 13.0. The number of methoxy groups -OCH3 is 1. The molecule has 4 rings (SSSR count). The summed E-state index contributed by atoms with van der Waals surface area (Å²) in [5.74, 6) is 0. The zero-order chi connectivity index (χ0) is 23.3. The molecule has 0 spiro atoms. The van der Waals surface area contributed by atoms with Gasteiger partial charge in [-0.05, 0) is 25.8 Å². The Balaban J connectivity index is 1.72. The minimum Gasteiger partial charge on any atom is -0.464 e. The lowest BCUT2D eigenvalue weighted by Gasteiger charge is -2.24. The number of nitrogens with one attached hydrogen (secondary N) is 1. The number of hydrogen-bond donors (Lipinski definition) is 2. The van der Waals surface area contributed by atoms with Gasteiger partial charge in [0.1, 0.15) is 9.04 Å². The molecule has 1 aliphatic rings. The summed E-state index contributed by atoms with van der Waals surface area (Å²) < 4.78 is 33.7. The highest BCUT2D eigenvalue weighted by Crippen LogP contribution is 2.45. The molecule has 0 aliphatic heterocycles. The van der Waals surface area contributed by atoms with Crippen LogP contribution in [0.15, 0.2) is 32.3 Å². The summed E-state index contributed by atoms with van der Waals surface area (Å²) in [6, 6.07) is 1.12. The first-order valence-electron chi connectivity index (χ1n) is 9.62. The van der Waals surface area contributed by atoms with Crippen LogP contribution in [-0.2, 0) is 27.8 Å². The first kappa shape index (κ1) is 22.2. The monoisotopic (exact) mass is 483 g/mol. The van der Waals surface area contributed by atoms with Gasteiger partial charge in [0.05, 0.1) is 36.8 Å². The van der Waals surface area contributed by atoms with Crippen molar-refractivity contribution >= 4 is 37.7 Å². The van der Waals surface area contributed by atoms with Crippen molar-refractivity contribution in [3.8, 4) is 0 Å². The molecule has 1 fully saturated rings. The largest absolute Gasteiger partial charge is 0.464 e. The molecule has 1 aliphatic carbocycles. The lowest BCUT2D eigenvalue weighted by molar-refractivity contribution is 0.159. The molecule has 0 unspecified atom stereocenters. The van der Waals surface area contributed by atoms with Gasteiger partial charge in [-0.1, -0.05) is 0 Å². The number of aromatic amines is 1. The molecule has 3 aromatic rings. The highest BCUT2D eigenvalue weighted by molar-refractivity contribution is 7.92. The summed E-state index contributed by atoms with van der Waals surface area (Å²) in [4.78, 5) is 39.8. The topological polar surface area (TPSA) is 157 Å². The van der Waals surface area contributed by atoms with Gasteiger partial charge in [0.15, 0.2) is 0 Å². The summed E-state index contributed by atoms with van der Waals surface area (Å²) >= 11 is 0.658. The van der Waals surface area contributed by atoms with E-state index in [1.54, 1.807) is 24.9 Å². The van der Waals surface area contributed by atoms with Crippen molar-refractivity contribution in [2.45, 2.75) is 42.6 Å². The highest BCUT2D eigenvalue weighted by atomic mass is 32.2. The van der Waals surface area contributed by atoms with E-state index in [0.29, 0.717) is 47.2 Å². The lowest BCUT2D eigenvalue weighted by atomic mass is 10.3. The van der Waals surface area contributed by atoms with E-state index in [-0.39, 0.29) is 21.0 Å². The summed E-state index contributed by atoms with van der Waals surface area (Å²) in [6.45, 7) is 2.44. The number of H-pyrrole nitrogens is 1. The molecule has 2 N–H and O–H groups in total. The zero-order valence-corrected chi connectivity index (χ0v) is 18.9. The number of ether oxygens (including phenoxy) is 1. The van der Waals surface area contributed by atoms with Gasteiger partial charge in [-0.15, -0.1) is 11.3 Å². The maximum Gasteiger partial charge on any atom is 0.421 e. The summed E-state index contributed by atoms with van der Waals surface area (Å²) in [5.41, 5.74) is -1.78. The van der Waals surface area contributed by atoms with E-state index in [4.69, 9.17) is 4.74 Å². The second kappa shape index (κ2) is 7.86. The van der Waals surface area contributed by atoms with E-state index in [1.807, 2.05) is 0 Å². The Morgan fingerprint density at radius 1 is 1.41 bits per heavy atom. The number of rotatable bonds is 8. The van der Waals surface area contributed by atoms with Gasteiger partial charge >= 0.3 is 11.8 Å². The van der Waals surface area contributed by atoms with Crippen molar-refractivity contribution in [3.05, 3.63) is 44.9 Å². The second-order valence-corrected chi connectivity index (χ2v) is 10.8. The number of nitrogens with zero attached hydrogens (tertiary/aromatic N) is 4. The number of fused-ring (bicyclic) bond motifs is 1. The summed E-state index contributed by atoms with van der Waals surface area (Å²) in [6.07, 6.45) is 2.46. The van der Waals surface area contributed by atoms with E-state index in [2.05, 4.69) is 10.1 Å². The van der Waals surface area contributed by atoms with Gasteiger partial charge in [0.2, 0.25) is 0 Å².